The Morgan fingerprint density at radius 2 is 2.00 bits per heavy atom. The molecule has 2 nitrogen and oxygen atoms in total. The lowest BCUT2D eigenvalue weighted by atomic mass is 10.1. The van der Waals surface area contributed by atoms with Crippen LogP contribution >= 0.6 is 12.2 Å². The first-order valence-corrected chi connectivity index (χ1v) is 5.24. The molecule has 0 radical (unpaired) electrons. The zero-order valence-electron chi connectivity index (χ0n) is 8.66. The zero-order valence-corrected chi connectivity index (χ0v) is 9.48. The van der Waals surface area contributed by atoms with Gasteiger partial charge in [-0.1, -0.05) is 24.4 Å². The summed E-state index contributed by atoms with van der Waals surface area (Å²) in [6.45, 7) is -1.02. The molecule has 90 valence electrons. The van der Waals surface area contributed by atoms with Crippen LogP contribution in [0.3, 0.4) is 0 Å². The van der Waals surface area contributed by atoms with Crippen molar-refractivity contribution in [3.63, 3.8) is 0 Å². The first-order valence-electron chi connectivity index (χ1n) is 4.83. The number of aromatic nitrogens is 1. The highest BCUT2D eigenvalue weighted by Crippen LogP contribution is 2.24. The minimum Gasteiger partial charge on any atom is -0.389 e. The van der Waals surface area contributed by atoms with E-state index in [1.165, 1.54) is 6.20 Å². The molecule has 0 saturated heterocycles. The molecule has 1 aromatic heterocycles. The van der Waals surface area contributed by atoms with E-state index in [4.69, 9.17) is 18.0 Å². The second-order valence-electron chi connectivity index (χ2n) is 3.66. The van der Waals surface area contributed by atoms with Gasteiger partial charge in [0.05, 0.1) is 0 Å². The second kappa shape index (κ2) is 4.03. The Labute approximate surface area is 101 Å². The monoisotopic (exact) mass is 258 g/mol. The molecule has 0 aliphatic rings. The molecule has 17 heavy (non-hydrogen) atoms. The van der Waals surface area contributed by atoms with Crippen LogP contribution in [0.25, 0.3) is 10.9 Å². The highest BCUT2D eigenvalue weighted by atomic mass is 32.1. The van der Waals surface area contributed by atoms with Gasteiger partial charge in [0.25, 0.3) is 0 Å². The lowest BCUT2D eigenvalue weighted by molar-refractivity contribution is -0.139. The van der Waals surface area contributed by atoms with Crippen LogP contribution in [0, 0.1) is 0 Å². The van der Waals surface area contributed by atoms with Crippen LogP contribution in [-0.4, -0.2) is 15.7 Å². The molecular formula is C11H9F3N2S. The largest absolute Gasteiger partial charge is 0.406 e. The summed E-state index contributed by atoms with van der Waals surface area (Å²) in [5.74, 6) is 0. The number of benzene rings is 1. The van der Waals surface area contributed by atoms with Gasteiger partial charge >= 0.3 is 6.18 Å². The van der Waals surface area contributed by atoms with E-state index in [0.717, 1.165) is 4.57 Å². The van der Waals surface area contributed by atoms with Gasteiger partial charge in [0.2, 0.25) is 0 Å². The maximum absolute atomic E-state index is 12.3. The standard InChI is InChI=1S/C11H9F3N2S/c12-11(13,14)6-16-5-4-7-8(10(15)17)2-1-3-9(7)16/h1-5H,6H2,(H2,15,17). The van der Waals surface area contributed by atoms with E-state index in [-0.39, 0.29) is 4.99 Å². The maximum Gasteiger partial charge on any atom is 0.406 e. The molecule has 0 spiro atoms. The average Bonchev–Trinajstić information content (AvgIpc) is 2.59. The van der Waals surface area contributed by atoms with Gasteiger partial charge in [-0.05, 0) is 12.1 Å². The third-order valence-electron chi connectivity index (χ3n) is 2.43. The number of nitrogens with two attached hydrogens (primary N) is 1. The quantitative estimate of drug-likeness (QED) is 0.840. The Morgan fingerprint density at radius 3 is 2.59 bits per heavy atom. The molecule has 1 heterocycles. The van der Waals surface area contributed by atoms with Crippen molar-refractivity contribution in [2.45, 2.75) is 12.7 Å². The van der Waals surface area contributed by atoms with Gasteiger partial charge in [0.1, 0.15) is 11.5 Å². The SMILES string of the molecule is NC(=S)c1cccc2c1ccn2CC(F)(F)F. The lowest BCUT2D eigenvalue weighted by Gasteiger charge is -2.09. The van der Waals surface area contributed by atoms with Crippen LogP contribution in [0.5, 0.6) is 0 Å². The van der Waals surface area contributed by atoms with E-state index in [1.54, 1.807) is 24.3 Å². The van der Waals surface area contributed by atoms with Gasteiger partial charge in [-0.25, -0.2) is 0 Å². The summed E-state index contributed by atoms with van der Waals surface area (Å²) in [6, 6.07) is 6.55. The van der Waals surface area contributed by atoms with Crippen molar-refractivity contribution in [2.24, 2.45) is 5.73 Å². The van der Waals surface area contributed by atoms with Crippen molar-refractivity contribution in [3.8, 4) is 0 Å². The number of halogens is 3. The smallest absolute Gasteiger partial charge is 0.389 e. The number of nitrogens with zero attached hydrogens (tertiary/aromatic N) is 1. The molecular weight excluding hydrogens is 249 g/mol. The van der Waals surface area contributed by atoms with Crippen molar-refractivity contribution >= 4 is 28.1 Å². The summed E-state index contributed by atoms with van der Waals surface area (Å²) in [5, 5.41) is 0.643. The summed E-state index contributed by atoms with van der Waals surface area (Å²) in [4.78, 5) is 0.181. The van der Waals surface area contributed by atoms with E-state index < -0.39 is 12.7 Å². The minimum absolute atomic E-state index is 0.181. The molecule has 0 saturated carbocycles. The number of fused-ring (bicyclic) bond motifs is 1. The number of thiocarbonyl (C=S) groups is 1. The highest BCUT2D eigenvalue weighted by molar-refractivity contribution is 7.80. The van der Waals surface area contributed by atoms with E-state index >= 15 is 0 Å². The van der Waals surface area contributed by atoms with Crippen LogP contribution in [0.4, 0.5) is 13.2 Å². The molecule has 2 rings (SSSR count). The fraction of sp³-hybridized carbons (Fsp3) is 0.182. The predicted octanol–water partition coefficient (Wildman–Crippen LogP) is 2.84. The fourth-order valence-corrected chi connectivity index (χ4v) is 1.95. The van der Waals surface area contributed by atoms with Gasteiger partial charge in [-0.2, -0.15) is 13.2 Å². The van der Waals surface area contributed by atoms with E-state index in [0.29, 0.717) is 16.5 Å². The van der Waals surface area contributed by atoms with Crippen LogP contribution in [0.15, 0.2) is 30.5 Å². The van der Waals surface area contributed by atoms with Crippen molar-refractivity contribution in [3.05, 3.63) is 36.0 Å². The van der Waals surface area contributed by atoms with Gasteiger partial charge in [0, 0.05) is 22.7 Å². The average molecular weight is 258 g/mol. The highest BCUT2D eigenvalue weighted by Gasteiger charge is 2.28. The van der Waals surface area contributed by atoms with Gasteiger partial charge in [0.15, 0.2) is 0 Å². The Balaban J connectivity index is 2.55. The Bertz CT molecular complexity index is 572. The molecule has 2 N–H and O–H groups in total. The third kappa shape index (κ3) is 2.41. The molecule has 0 unspecified atom stereocenters. The van der Waals surface area contributed by atoms with Gasteiger partial charge < -0.3 is 10.3 Å². The first kappa shape index (κ1) is 11.9. The van der Waals surface area contributed by atoms with Gasteiger partial charge in [-0.15, -0.1) is 0 Å². The summed E-state index contributed by atoms with van der Waals surface area (Å²) in [7, 11) is 0. The predicted molar refractivity (Wildman–Crippen MR) is 63.9 cm³/mol. The van der Waals surface area contributed by atoms with Crippen LogP contribution < -0.4 is 5.73 Å². The summed E-state index contributed by atoms with van der Waals surface area (Å²) >= 11 is 4.85. The third-order valence-corrected chi connectivity index (χ3v) is 2.65. The topological polar surface area (TPSA) is 30.9 Å². The van der Waals surface area contributed by atoms with Crippen LogP contribution in [-0.2, 0) is 6.54 Å². The van der Waals surface area contributed by atoms with Crippen LogP contribution in [0.2, 0.25) is 0 Å². The summed E-state index contributed by atoms with van der Waals surface area (Å²) in [6.07, 6.45) is -2.86. The normalized spacial score (nSPS) is 11.9. The molecule has 0 atom stereocenters. The number of hydrogen-bond donors (Lipinski definition) is 1. The molecule has 0 aliphatic carbocycles. The maximum atomic E-state index is 12.3. The van der Waals surface area contributed by atoms with E-state index in [9.17, 15) is 13.2 Å². The van der Waals surface area contributed by atoms with Crippen molar-refractivity contribution in [2.75, 3.05) is 0 Å². The Morgan fingerprint density at radius 1 is 1.29 bits per heavy atom. The number of alkyl halides is 3. The van der Waals surface area contributed by atoms with Crippen molar-refractivity contribution < 1.29 is 13.2 Å². The number of rotatable bonds is 2. The molecule has 6 heteroatoms. The van der Waals surface area contributed by atoms with E-state index in [1.807, 2.05) is 0 Å². The van der Waals surface area contributed by atoms with E-state index in [2.05, 4.69) is 0 Å². The van der Waals surface area contributed by atoms with Crippen molar-refractivity contribution in [1.29, 1.82) is 0 Å². The minimum atomic E-state index is -4.24. The Kier molecular flexibility index (Phi) is 2.82. The second-order valence-corrected chi connectivity index (χ2v) is 4.10. The molecule has 0 bridgehead atoms. The lowest BCUT2D eigenvalue weighted by Crippen LogP contribution is -2.17. The van der Waals surface area contributed by atoms with Gasteiger partial charge in [-0.3, -0.25) is 0 Å². The fourth-order valence-electron chi connectivity index (χ4n) is 1.77. The van der Waals surface area contributed by atoms with Crippen molar-refractivity contribution in [1.82, 2.24) is 4.57 Å². The zero-order chi connectivity index (χ0) is 12.6. The van der Waals surface area contributed by atoms with Crippen LogP contribution in [0.1, 0.15) is 5.56 Å². The molecule has 0 fully saturated rings. The Hall–Kier alpha value is -1.56. The number of hydrogen-bond acceptors (Lipinski definition) is 1. The summed E-state index contributed by atoms with van der Waals surface area (Å²) < 4.78 is 38.1. The molecule has 1 aromatic carbocycles. The molecule has 0 amide bonds. The first-order chi connectivity index (χ1) is 7.88. The molecule has 2 aromatic rings. The summed E-state index contributed by atoms with van der Waals surface area (Å²) in [5.41, 5.74) is 6.59. The molecule has 0 aliphatic heterocycles.